The molecule has 0 fully saturated rings. The first-order valence-corrected chi connectivity index (χ1v) is 12.8. The molecule has 168 valence electrons. The first-order chi connectivity index (χ1) is 15.5. The van der Waals surface area contributed by atoms with Crippen molar-refractivity contribution in [2.45, 2.75) is 49.9 Å². The molecule has 2 aromatic carbocycles. The average molecular weight is 467 g/mol. The highest BCUT2D eigenvalue weighted by Crippen LogP contribution is 2.23. The Morgan fingerprint density at radius 1 is 1.09 bits per heavy atom. The maximum absolute atomic E-state index is 12.4. The third-order valence-corrected chi connectivity index (χ3v) is 6.89. The molecule has 7 heteroatoms. The van der Waals surface area contributed by atoms with Crippen LogP contribution in [0, 0.1) is 6.92 Å². The number of aryl methyl sites for hydroxylation is 1. The highest BCUT2D eigenvalue weighted by atomic mass is 32.2. The average Bonchev–Trinajstić information content (AvgIpc) is 3.16. The van der Waals surface area contributed by atoms with Crippen molar-refractivity contribution in [2.75, 3.05) is 11.1 Å². The van der Waals surface area contributed by atoms with E-state index in [1.807, 2.05) is 22.8 Å². The van der Waals surface area contributed by atoms with Crippen LogP contribution in [0.4, 0.5) is 5.69 Å². The fraction of sp³-hybridized carbons (Fsp3) is 0.320. The van der Waals surface area contributed by atoms with Crippen LogP contribution in [0.15, 0.2) is 66.3 Å². The van der Waals surface area contributed by atoms with E-state index < -0.39 is 0 Å². The predicted octanol–water partition coefficient (Wildman–Crippen LogP) is 6.06. The minimum atomic E-state index is -0.0595. The number of hydrogen-bond donors (Lipinski definition) is 1. The van der Waals surface area contributed by atoms with Crippen LogP contribution >= 0.6 is 23.5 Å². The zero-order chi connectivity index (χ0) is 22.9. The Labute approximate surface area is 199 Å². The van der Waals surface area contributed by atoms with Crippen LogP contribution in [0.5, 0.6) is 0 Å². The monoisotopic (exact) mass is 466 g/mol. The van der Waals surface area contributed by atoms with E-state index in [2.05, 4.69) is 79.3 Å². The van der Waals surface area contributed by atoms with Crippen molar-refractivity contribution in [3.05, 3.63) is 83.7 Å². The lowest BCUT2D eigenvalue weighted by atomic mass is 10.0. The predicted molar refractivity (Wildman–Crippen MR) is 136 cm³/mol. The molecule has 0 unspecified atom stereocenters. The second kappa shape index (κ2) is 11.9. The third-order valence-electron chi connectivity index (χ3n) is 4.92. The van der Waals surface area contributed by atoms with Gasteiger partial charge in [0.2, 0.25) is 5.91 Å². The van der Waals surface area contributed by atoms with Crippen LogP contribution in [0.2, 0.25) is 0 Å². The molecular weight excluding hydrogens is 436 g/mol. The number of benzene rings is 2. The number of hydrogen-bond acceptors (Lipinski definition) is 5. The summed E-state index contributed by atoms with van der Waals surface area (Å²) < 4.78 is 2.03. The summed E-state index contributed by atoms with van der Waals surface area (Å²) in [5.74, 6) is 3.25. The van der Waals surface area contributed by atoms with Gasteiger partial charge in [-0.1, -0.05) is 73.6 Å². The topological polar surface area (TPSA) is 59.8 Å². The van der Waals surface area contributed by atoms with E-state index in [0.29, 0.717) is 12.5 Å². The quantitative estimate of drug-likeness (QED) is 0.275. The number of allylic oxidation sites excluding steroid dienone is 1. The van der Waals surface area contributed by atoms with Gasteiger partial charge >= 0.3 is 0 Å². The summed E-state index contributed by atoms with van der Waals surface area (Å²) in [6.07, 6.45) is 1.83. The van der Waals surface area contributed by atoms with Crippen LogP contribution in [0.1, 0.15) is 42.3 Å². The van der Waals surface area contributed by atoms with Crippen molar-refractivity contribution < 1.29 is 4.79 Å². The van der Waals surface area contributed by atoms with Gasteiger partial charge in [-0.3, -0.25) is 4.79 Å². The molecule has 0 radical (unpaired) electrons. The fourth-order valence-corrected chi connectivity index (χ4v) is 4.76. The van der Waals surface area contributed by atoms with E-state index in [-0.39, 0.29) is 11.7 Å². The fourth-order valence-electron chi connectivity index (χ4n) is 3.07. The first kappa shape index (κ1) is 24.1. The van der Waals surface area contributed by atoms with Crippen molar-refractivity contribution in [3.8, 4) is 0 Å². The van der Waals surface area contributed by atoms with Gasteiger partial charge in [0.1, 0.15) is 5.82 Å². The molecule has 0 aliphatic heterocycles. The molecule has 0 atom stereocenters. The molecule has 0 saturated carbocycles. The number of nitrogens with one attached hydrogen (secondary N) is 1. The molecule has 1 aromatic heterocycles. The summed E-state index contributed by atoms with van der Waals surface area (Å²) in [5.41, 5.74) is 4.62. The number of nitrogens with zero attached hydrogens (tertiary/aromatic N) is 3. The minimum absolute atomic E-state index is 0.0595. The van der Waals surface area contributed by atoms with Crippen LogP contribution in [0.3, 0.4) is 0 Å². The molecule has 1 amide bonds. The standard InChI is InChI=1S/C25H30N4OS2/c1-5-14-29-23(16-31-15-20-8-6-19(4)7-9-20)27-28-25(29)32-17-24(30)26-22-12-10-21(11-13-22)18(2)3/h5-13,18H,1,14-17H2,2-4H3,(H,26,30). The highest BCUT2D eigenvalue weighted by molar-refractivity contribution is 7.99. The summed E-state index contributed by atoms with van der Waals surface area (Å²) in [7, 11) is 0. The first-order valence-electron chi connectivity index (χ1n) is 10.6. The molecule has 32 heavy (non-hydrogen) atoms. The highest BCUT2D eigenvalue weighted by Gasteiger charge is 2.14. The Hall–Kier alpha value is -2.51. The number of carbonyl (C=O) groups is 1. The number of anilines is 1. The number of rotatable bonds is 11. The lowest BCUT2D eigenvalue weighted by Gasteiger charge is -2.09. The van der Waals surface area contributed by atoms with E-state index in [4.69, 9.17) is 0 Å². The Morgan fingerprint density at radius 2 is 1.81 bits per heavy atom. The van der Waals surface area contributed by atoms with Gasteiger partial charge in [0.25, 0.3) is 0 Å². The van der Waals surface area contributed by atoms with Gasteiger partial charge in [0.05, 0.1) is 11.5 Å². The second-order valence-electron chi connectivity index (χ2n) is 7.89. The number of amides is 1. The van der Waals surface area contributed by atoms with E-state index in [0.717, 1.165) is 28.2 Å². The molecule has 0 aliphatic rings. The zero-order valence-corrected chi connectivity index (χ0v) is 20.5. The molecule has 1 N–H and O–H groups in total. The summed E-state index contributed by atoms with van der Waals surface area (Å²) >= 11 is 3.20. The van der Waals surface area contributed by atoms with Gasteiger partial charge in [0.15, 0.2) is 5.16 Å². The van der Waals surface area contributed by atoms with Gasteiger partial charge in [-0.05, 0) is 36.1 Å². The van der Waals surface area contributed by atoms with E-state index in [1.54, 1.807) is 11.8 Å². The molecule has 0 bridgehead atoms. The minimum Gasteiger partial charge on any atom is -0.325 e. The third kappa shape index (κ3) is 7.00. The molecule has 3 rings (SSSR count). The smallest absolute Gasteiger partial charge is 0.234 e. The van der Waals surface area contributed by atoms with Crippen molar-refractivity contribution in [3.63, 3.8) is 0 Å². The molecule has 5 nitrogen and oxygen atoms in total. The van der Waals surface area contributed by atoms with E-state index in [9.17, 15) is 4.79 Å². The van der Waals surface area contributed by atoms with Crippen molar-refractivity contribution >= 4 is 35.1 Å². The second-order valence-corrected chi connectivity index (χ2v) is 9.82. The molecule has 0 spiro atoms. The Balaban J connectivity index is 1.54. The van der Waals surface area contributed by atoms with Gasteiger partial charge in [-0.25, -0.2) is 0 Å². The molecule has 0 aliphatic carbocycles. The van der Waals surface area contributed by atoms with Gasteiger partial charge in [-0.2, -0.15) is 0 Å². The van der Waals surface area contributed by atoms with E-state index in [1.165, 1.54) is 28.5 Å². The maximum Gasteiger partial charge on any atom is 0.234 e. The van der Waals surface area contributed by atoms with Crippen LogP contribution in [-0.2, 0) is 22.8 Å². The Morgan fingerprint density at radius 3 is 2.47 bits per heavy atom. The van der Waals surface area contributed by atoms with Gasteiger partial charge in [0, 0.05) is 18.0 Å². The molecule has 0 saturated heterocycles. The number of thioether (sulfide) groups is 2. The largest absolute Gasteiger partial charge is 0.325 e. The Kier molecular flexibility index (Phi) is 9.00. The molecule has 3 aromatic rings. The summed E-state index contributed by atoms with van der Waals surface area (Å²) in [6.45, 7) is 10.9. The summed E-state index contributed by atoms with van der Waals surface area (Å²) in [6, 6.07) is 16.6. The van der Waals surface area contributed by atoms with Crippen molar-refractivity contribution in [1.82, 2.24) is 14.8 Å². The maximum atomic E-state index is 12.4. The molecule has 1 heterocycles. The van der Waals surface area contributed by atoms with Gasteiger partial charge < -0.3 is 9.88 Å². The number of carbonyl (C=O) groups excluding carboxylic acids is 1. The number of aromatic nitrogens is 3. The summed E-state index contributed by atoms with van der Waals surface area (Å²) in [5, 5.41) is 12.4. The SMILES string of the molecule is C=CCn1c(CSCc2ccc(C)cc2)nnc1SCC(=O)Nc1ccc(C(C)C)cc1. The molecular formula is C25H30N4OS2. The Bertz CT molecular complexity index is 1030. The van der Waals surface area contributed by atoms with Gasteiger partial charge in [-0.15, -0.1) is 28.5 Å². The van der Waals surface area contributed by atoms with Crippen LogP contribution in [0.25, 0.3) is 0 Å². The van der Waals surface area contributed by atoms with Crippen molar-refractivity contribution in [1.29, 1.82) is 0 Å². The van der Waals surface area contributed by atoms with Crippen molar-refractivity contribution in [2.24, 2.45) is 0 Å². The lowest BCUT2D eigenvalue weighted by Crippen LogP contribution is -2.14. The van der Waals surface area contributed by atoms with Crippen LogP contribution in [-0.4, -0.2) is 26.4 Å². The zero-order valence-electron chi connectivity index (χ0n) is 18.9. The van der Waals surface area contributed by atoms with E-state index >= 15 is 0 Å². The normalized spacial score (nSPS) is 11.0. The summed E-state index contributed by atoms with van der Waals surface area (Å²) in [4.78, 5) is 12.4. The van der Waals surface area contributed by atoms with Crippen LogP contribution < -0.4 is 5.32 Å². The lowest BCUT2D eigenvalue weighted by molar-refractivity contribution is -0.113.